The van der Waals surface area contributed by atoms with E-state index in [1.54, 1.807) is 18.3 Å². The van der Waals surface area contributed by atoms with E-state index in [0.717, 1.165) is 16.0 Å². The molecule has 0 fully saturated rings. The topological polar surface area (TPSA) is 67.2 Å². The van der Waals surface area contributed by atoms with Gasteiger partial charge in [-0.15, -0.1) is 11.3 Å². The minimum atomic E-state index is -4.46. The number of anilines is 1. The van der Waals surface area contributed by atoms with Gasteiger partial charge in [0.15, 0.2) is 5.76 Å². The smallest absolute Gasteiger partial charge is 0.381 e. The molecule has 2 heterocycles. The van der Waals surface area contributed by atoms with Crippen LogP contribution in [0, 0.1) is 6.92 Å². The van der Waals surface area contributed by atoms with Gasteiger partial charge in [-0.25, -0.2) is 0 Å². The predicted octanol–water partition coefficient (Wildman–Crippen LogP) is 5.27. The van der Waals surface area contributed by atoms with Gasteiger partial charge in [-0.2, -0.15) is 13.2 Å². The summed E-state index contributed by atoms with van der Waals surface area (Å²) in [6.07, 6.45) is -2.89. The largest absolute Gasteiger partial charge is 0.405 e. The van der Waals surface area contributed by atoms with Gasteiger partial charge in [-0.3, -0.25) is 4.79 Å². The van der Waals surface area contributed by atoms with E-state index in [-0.39, 0.29) is 5.56 Å². The normalized spacial score (nSPS) is 11.5. The zero-order valence-electron chi connectivity index (χ0n) is 14.6. The Morgan fingerprint density at radius 3 is 2.75 bits per heavy atom. The fraction of sp³-hybridized carbons (Fsp3) is 0.222. The van der Waals surface area contributed by atoms with Crippen molar-refractivity contribution in [1.82, 2.24) is 10.5 Å². The monoisotopic (exact) mass is 429 g/mol. The summed E-state index contributed by atoms with van der Waals surface area (Å²) in [4.78, 5) is 12.8. The van der Waals surface area contributed by atoms with Crippen molar-refractivity contribution in [3.8, 4) is 10.6 Å². The lowest BCUT2D eigenvalue weighted by atomic mass is 10.1. The van der Waals surface area contributed by atoms with E-state index < -0.39 is 18.6 Å². The highest BCUT2D eigenvalue weighted by Crippen LogP contribution is 2.33. The molecular weight excluding hydrogens is 415 g/mol. The lowest BCUT2D eigenvalue weighted by Crippen LogP contribution is -2.33. The number of nitrogens with zero attached hydrogens (tertiary/aromatic N) is 1. The van der Waals surface area contributed by atoms with Crippen LogP contribution in [0.5, 0.6) is 0 Å². The number of halogens is 4. The van der Waals surface area contributed by atoms with E-state index in [9.17, 15) is 18.0 Å². The fourth-order valence-electron chi connectivity index (χ4n) is 2.45. The molecule has 3 rings (SSSR count). The van der Waals surface area contributed by atoms with E-state index in [0.29, 0.717) is 22.3 Å². The van der Waals surface area contributed by atoms with Gasteiger partial charge in [0.05, 0.1) is 15.4 Å². The fourth-order valence-corrected chi connectivity index (χ4v) is 3.51. The molecule has 28 heavy (non-hydrogen) atoms. The Kier molecular flexibility index (Phi) is 5.95. The van der Waals surface area contributed by atoms with Crippen molar-refractivity contribution in [3.63, 3.8) is 0 Å². The van der Waals surface area contributed by atoms with Crippen LogP contribution in [0.25, 0.3) is 10.6 Å². The number of alkyl halides is 3. The summed E-state index contributed by atoms with van der Waals surface area (Å²) in [5.74, 6) is -0.208. The van der Waals surface area contributed by atoms with Crippen LogP contribution in [-0.4, -0.2) is 23.8 Å². The van der Waals surface area contributed by atoms with Crippen LogP contribution in [0.2, 0.25) is 4.34 Å². The van der Waals surface area contributed by atoms with Gasteiger partial charge in [0, 0.05) is 23.4 Å². The maximum absolute atomic E-state index is 12.3. The molecule has 1 amide bonds. The van der Waals surface area contributed by atoms with Gasteiger partial charge in [-0.05, 0) is 36.8 Å². The predicted molar refractivity (Wildman–Crippen MR) is 102 cm³/mol. The van der Waals surface area contributed by atoms with Crippen LogP contribution in [0.3, 0.4) is 0 Å². The van der Waals surface area contributed by atoms with Crippen LogP contribution in [0.15, 0.2) is 41.1 Å². The summed E-state index contributed by atoms with van der Waals surface area (Å²) < 4.78 is 42.8. The number of rotatable bonds is 6. The van der Waals surface area contributed by atoms with Crippen LogP contribution in [-0.2, 0) is 6.54 Å². The Morgan fingerprint density at radius 2 is 2.07 bits per heavy atom. The molecule has 0 spiro atoms. The van der Waals surface area contributed by atoms with Crippen molar-refractivity contribution < 1.29 is 22.5 Å². The van der Waals surface area contributed by atoms with E-state index in [1.807, 2.05) is 18.3 Å². The van der Waals surface area contributed by atoms with E-state index in [4.69, 9.17) is 16.1 Å². The molecule has 10 heteroatoms. The molecule has 2 N–H and O–H groups in total. The highest BCUT2D eigenvalue weighted by Gasteiger charge is 2.28. The number of hydrogen-bond acceptors (Lipinski definition) is 5. The first-order valence-electron chi connectivity index (χ1n) is 8.11. The van der Waals surface area contributed by atoms with Crippen molar-refractivity contribution in [2.75, 3.05) is 11.9 Å². The number of thiophene rings is 1. The second kappa shape index (κ2) is 8.24. The number of aromatic nitrogens is 1. The number of nitrogens with one attached hydrogen (secondary N) is 2. The zero-order chi connectivity index (χ0) is 20.3. The SMILES string of the molecule is Cc1ccc(C(=O)NCC(F)(F)F)cc1NCc1cnoc1-c1ccc(Cl)s1. The number of amides is 1. The van der Waals surface area contributed by atoms with Crippen molar-refractivity contribution in [3.05, 3.63) is 57.6 Å². The molecule has 1 aromatic carbocycles. The molecule has 0 radical (unpaired) electrons. The van der Waals surface area contributed by atoms with Gasteiger partial charge in [0.2, 0.25) is 0 Å². The number of carbonyl (C=O) groups is 1. The van der Waals surface area contributed by atoms with Gasteiger partial charge in [0.25, 0.3) is 5.91 Å². The molecule has 0 bridgehead atoms. The molecule has 2 aromatic heterocycles. The summed E-state index contributed by atoms with van der Waals surface area (Å²) >= 11 is 7.31. The highest BCUT2D eigenvalue weighted by molar-refractivity contribution is 7.19. The number of carbonyl (C=O) groups excluding carboxylic acids is 1. The summed E-state index contributed by atoms with van der Waals surface area (Å²) in [6, 6.07) is 8.24. The van der Waals surface area contributed by atoms with Crippen LogP contribution in [0.1, 0.15) is 21.5 Å². The molecule has 0 saturated heterocycles. The number of benzene rings is 1. The van der Waals surface area contributed by atoms with E-state index in [2.05, 4.69) is 10.5 Å². The lowest BCUT2D eigenvalue weighted by Gasteiger charge is -2.12. The molecule has 5 nitrogen and oxygen atoms in total. The zero-order valence-corrected chi connectivity index (χ0v) is 16.1. The standard InChI is InChI=1S/C18H15ClF3N3O2S/c1-10-2-3-11(17(26)24-9-18(20,21)22)6-13(10)23-7-12-8-25-27-16(12)14-4-5-15(19)28-14/h2-6,8,23H,7,9H2,1H3,(H,24,26). The van der Waals surface area contributed by atoms with Crippen LogP contribution >= 0.6 is 22.9 Å². The minimum absolute atomic E-state index is 0.132. The minimum Gasteiger partial charge on any atom is -0.381 e. The molecule has 148 valence electrons. The van der Waals surface area contributed by atoms with Gasteiger partial charge in [-0.1, -0.05) is 22.8 Å². The van der Waals surface area contributed by atoms with Crippen molar-refractivity contribution in [2.24, 2.45) is 0 Å². The molecule has 0 atom stereocenters. The highest BCUT2D eigenvalue weighted by atomic mass is 35.5. The molecule has 0 unspecified atom stereocenters. The van der Waals surface area contributed by atoms with E-state index in [1.165, 1.54) is 23.5 Å². The Morgan fingerprint density at radius 1 is 1.29 bits per heavy atom. The second-order valence-electron chi connectivity index (χ2n) is 5.97. The molecule has 3 aromatic rings. The summed E-state index contributed by atoms with van der Waals surface area (Å²) in [5.41, 5.74) is 2.37. The second-order valence-corrected chi connectivity index (χ2v) is 7.68. The number of hydrogen-bond donors (Lipinski definition) is 2. The maximum Gasteiger partial charge on any atom is 0.405 e. The first-order valence-corrected chi connectivity index (χ1v) is 9.31. The average molecular weight is 430 g/mol. The third-order valence-corrected chi connectivity index (χ3v) is 5.09. The van der Waals surface area contributed by atoms with Crippen molar-refractivity contribution in [1.29, 1.82) is 0 Å². The Hall–Kier alpha value is -2.52. The maximum atomic E-state index is 12.3. The summed E-state index contributed by atoms with van der Waals surface area (Å²) in [7, 11) is 0. The van der Waals surface area contributed by atoms with Crippen molar-refractivity contribution >= 4 is 34.5 Å². The molecule has 0 aliphatic carbocycles. The Labute approximate surface area is 167 Å². The first-order chi connectivity index (χ1) is 13.2. The Bertz CT molecular complexity index is 985. The van der Waals surface area contributed by atoms with Crippen LogP contribution < -0.4 is 10.6 Å². The first kappa shape index (κ1) is 20.2. The third kappa shape index (κ3) is 5.05. The van der Waals surface area contributed by atoms with Crippen molar-refractivity contribution in [2.45, 2.75) is 19.6 Å². The molecule has 0 saturated carbocycles. The lowest BCUT2D eigenvalue weighted by molar-refractivity contribution is -0.123. The molecule has 0 aliphatic rings. The van der Waals surface area contributed by atoms with Gasteiger partial charge >= 0.3 is 6.18 Å². The van der Waals surface area contributed by atoms with Gasteiger partial charge in [0.1, 0.15) is 6.54 Å². The number of aryl methyl sites for hydroxylation is 1. The van der Waals surface area contributed by atoms with Gasteiger partial charge < -0.3 is 15.2 Å². The summed E-state index contributed by atoms with van der Waals surface area (Å²) in [5, 5.41) is 8.84. The molecular formula is C18H15ClF3N3O2S. The van der Waals surface area contributed by atoms with Crippen LogP contribution in [0.4, 0.5) is 18.9 Å². The average Bonchev–Trinajstić information content (AvgIpc) is 3.26. The van der Waals surface area contributed by atoms with E-state index >= 15 is 0 Å². The third-order valence-electron chi connectivity index (χ3n) is 3.86. The summed E-state index contributed by atoms with van der Waals surface area (Å²) in [6.45, 7) is 0.798. The Balaban J connectivity index is 1.72. The molecule has 0 aliphatic heterocycles. The quantitative estimate of drug-likeness (QED) is 0.560.